The van der Waals surface area contributed by atoms with Crippen LogP contribution in [0.5, 0.6) is 0 Å². The monoisotopic (exact) mass is 210 g/mol. The third-order valence-electron chi connectivity index (χ3n) is 2.73. The molecule has 1 saturated heterocycles. The Morgan fingerprint density at radius 2 is 1.93 bits per heavy atom. The van der Waals surface area contributed by atoms with E-state index in [9.17, 15) is 9.50 Å². The molecule has 0 radical (unpaired) electrons. The number of benzene rings is 1. The molecular weight excluding hydrogens is 195 g/mol. The van der Waals surface area contributed by atoms with Crippen LogP contribution in [0.25, 0.3) is 0 Å². The molecule has 1 heterocycles. The van der Waals surface area contributed by atoms with Gasteiger partial charge in [0.05, 0.1) is 6.10 Å². The van der Waals surface area contributed by atoms with Gasteiger partial charge in [-0.3, -0.25) is 0 Å². The van der Waals surface area contributed by atoms with Crippen LogP contribution >= 0.6 is 0 Å². The van der Waals surface area contributed by atoms with Crippen molar-refractivity contribution in [2.45, 2.75) is 18.9 Å². The minimum atomic E-state index is -0.309. The molecule has 0 unspecified atom stereocenters. The van der Waals surface area contributed by atoms with Crippen LogP contribution in [0.15, 0.2) is 18.2 Å². The van der Waals surface area contributed by atoms with E-state index in [0.717, 1.165) is 31.6 Å². The lowest BCUT2D eigenvalue weighted by Crippen LogP contribution is -2.35. The van der Waals surface area contributed by atoms with Gasteiger partial charge >= 0.3 is 0 Å². The molecule has 0 bridgehead atoms. The molecule has 1 aliphatic heterocycles. The fourth-order valence-electron chi connectivity index (χ4n) is 1.90. The lowest BCUT2D eigenvalue weighted by molar-refractivity contribution is 0.145. The van der Waals surface area contributed by atoms with Crippen molar-refractivity contribution in [2.75, 3.05) is 23.7 Å². The van der Waals surface area contributed by atoms with E-state index in [0.29, 0.717) is 5.69 Å². The molecular formula is C11H15FN2O. The molecule has 1 aliphatic rings. The molecule has 0 amide bonds. The van der Waals surface area contributed by atoms with Crippen molar-refractivity contribution in [1.82, 2.24) is 0 Å². The van der Waals surface area contributed by atoms with Gasteiger partial charge in [0.2, 0.25) is 0 Å². The van der Waals surface area contributed by atoms with Crippen LogP contribution in [0.4, 0.5) is 15.8 Å². The zero-order valence-electron chi connectivity index (χ0n) is 8.49. The second-order valence-corrected chi connectivity index (χ2v) is 3.96. The standard InChI is InChI=1S/C11H15FN2O/c12-8-5-9(13)7-10(6-8)14-3-1-11(15)2-4-14/h5-7,11,15H,1-4,13H2. The fraction of sp³-hybridized carbons (Fsp3) is 0.455. The molecule has 0 spiro atoms. The predicted molar refractivity (Wildman–Crippen MR) is 58.3 cm³/mol. The molecule has 2 rings (SSSR count). The average Bonchev–Trinajstić information content (AvgIpc) is 2.17. The third-order valence-corrected chi connectivity index (χ3v) is 2.73. The number of aliphatic hydroxyl groups is 1. The molecule has 0 saturated carbocycles. The highest BCUT2D eigenvalue weighted by Gasteiger charge is 2.17. The number of rotatable bonds is 1. The summed E-state index contributed by atoms with van der Waals surface area (Å²) in [5, 5.41) is 9.36. The first-order chi connectivity index (χ1) is 7.15. The first kappa shape index (κ1) is 10.2. The number of hydrogen-bond donors (Lipinski definition) is 2. The Kier molecular flexibility index (Phi) is 2.77. The topological polar surface area (TPSA) is 49.5 Å². The highest BCUT2D eigenvalue weighted by molar-refractivity contribution is 5.56. The lowest BCUT2D eigenvalue weighted by atomic mass is 10.1. The van der Waals surface area contributed by atoms with E-state index in [4.69, 9.17) is 5.73 Å². The predicted octanol–water partition coefficient (Wildman–Crippen LogP) is 1.37. The van der Waals surface area contributed by atoms with Gasteiger partial charge in [-0.15, -0.1) is 0 Å². The highest BCUT2D eigenvalue weighted by Crippen LogP contribution is 2.23. The summed E-state index contributed by atoms with van der Waals surface area (Å²) in [6.07, 6.45) is 1.25. The summed E-state index contributed by atoms with van der Waals surface area (Å²) < 4.78 is 13.1. The third kappa shape index (κ3) is 2.39. The Labute approximate surface area is 88.3 Å². The van der Waals surface area contributed by atoms with E-state index < -0.39 is 0 Å². The number of piperidine rings is 1. The molecule has 4 heteroatoms. The SMILES string of the molecule is Nc1cc(F)cc(N2CCC(O)CC2)c1. The number of nitrogens with two attached hydrogens (primary N) is 1. The van der Waals surface area contributed by atoms with E-state index in [1.807, 2.05) is 4.90 Å². The maximum Gasteiger partial charge on any atom is 0.127 e. The first-order valence-corrected chi connectivity index (χ1v) is 5.14. The minimum Gasteiger partial charge on any atom is -0.399 e. The molecule has 15 heavy (non-hydrogen) atoms. The number of aliphatic hydroxyl groups excluding tert-OH is 1. The van der Waals surface area contributed by atoms with Gasteiger partial charge in [0.15, 0.2) is 0 Å². The van der Waals surface area contributed by atoms with E-state index in [-0.39, 0.29) is 11.9 Å². The molecule has 3 N–H and O–H groups in total. The van der Waals surface area contributed by atoms with Crippen LogP contribution in [0, 0.1) is 5.82 Å². The van der Waals surface area contributed by atoms with Gasteiger partial charge in [-0.2, -0.15) is 0 Å². The van der Waals surface area contributed by atoms with Crippen LogP contribution in [0.3, 0.4) is 0 Å². The van der Waals surface area contributed by atoms with Crippen LogP contribution in [0.1, 0.15) is 12.8 Å². The van der Waals surface area contributed by atoms with Gasteiger partial charge in [-0.05, 0) is 31.0 Å². The summed E-state index contributed by atoms with van der Waals surface area (Å²) in [6.45, 7) is 1.51. The second kappa shape index (κ2) is 4.06. The number of anilines is 2. The van der Waals surface area contributed by atoms with Gasteiger partial charge in [-0.25, -0.2) is 4.39 Å². The molecule has 1 aromatic carbocycles. The Bertz CT molecular complexity index is 328. The Hall–Kier alpha value is -1.29. The van der Waals surface area contributed by atoms with Crippen LogP contribution < -0.4 is 10.6 Å². The summed E-state index contributed by atoms with van der Waals surface area (Å²) in [5.41, 5.74) is 6.82. The van der Waals surface area contributed by atoms with E-state index in [1.54, 1.807) is 6.07 Å². The molecule has 1 fully saturated rings. The van der Waals surface area contributed by atoms with Gasteiger partial charge in [0.25, 0.3) is 0 Å². The second-order valence-electron chi connectivity index (χ2n) is 3.96. The number of nitrogens with zero attached hydrogens (tertiary/aromatic N) is 1. The maximum absolute atomic E-state index is 13.1. The minimum absolute atomic E-state index is 0.216. The number of halogens is 1. The van der Waals surface area contributed by atoms with Gasteiger partial charge in [0.1, 0.15) is 5.82 Å². The lowest BCUT2D eigenvalue weighted by Gasteiger charge is -2.31. The molecule has 1 aromatic rings. The highest BCUT2D eigenvalue weighted by atomic mass is 19.1. The Morgan fingerprint density at radius 3 is 2.53 bits per heavy atom. The van der Waals surface area contributed by atoms with Crippen molar-refractivity contribution < 1.29 is 9.50 Å². The fourth-order valence-corrected chi connectivity index (χ4v) is 1.90. The molecule has 0 atom stereocenters. The van der Waals surface area contributed by atoms with Crippen molar-refractivity contribution in [3.63, 3.8) is 0 Å². The van der Waals surface area contributed by atoms with Crippen molar-refractivity contribution in [2.24, 2.45) is 0 Å². The van der Waals surface area contributed by atoms with Crippen molar-refractivity contribution in [3.8, 4) is 0 Å². The summed E-state index contributed by atoms with van der Waals surface area (Å²) in [5.74, 6) is -0.309. The molecule has 3 nitrogen and oxygen atoms in total. The largest absolute Gasteiger partial charge is 0.399 e. The summed E-state index contributed by atoms with van der Waals surface area (Å²) >= 11 is 0. The maximum atomic E-state index is 13.1. The summed E-state index contributed by atoms with van der Waals surface area (Å²) in [7, 11) is 0. The molecule has 82 valence electrons. The summed E-state index contributed by atoms with van der Waals surface area (Å²) in [4.78, 5) is 2.05. The smallest absolute Gasteiger partial charge is 0.127 e. The molecule has 0 aliphatic carbocycles. The Morgan fingerprint density at radius 1 is 1.27 bits per heavy atom. The van der Waals surface area contributed by atoms with Gasteiger partial charge in [0, 0.05) is 24.5 Å². The van der Waals surface area contributed by atoms with Crippen LogP contribution in [0.2, 0.25) is 0 Å². The number of hydrogen-bond acceptors (Lipinski definition) is 3. The normalized spacial score (nSPS) is 18.1. The number of nitrogen functional groups attached to an aromatic ring is 1. The quantitative estimate of drug-likeness (QED) is 0.688. The Balaban J connectivity index is 2.15. The zero-order chi connectivity index (χ0) is 10.8. The zero-order valence-corrected chi connectivity index (χ0v) is 8.49. The van der Waals surface area contributed by atoms with Crippen molar-refractivity contribution >= 4 is 11.4 Å². The van der Waals surface area contributed by atoms with E-state index in [2.05, 4.69) is 0 Å². The van der Waals surface area contributed by atoms with E-state index >= 15 is 0 Å². The van der Waals surface area contributed by atoms with Crippen molar-refractivity contribution in [1.29, 1.82) is 0 Å². The average molecular weight is 210 g/mol. The summed E-state index contributed by atoms with van der Waals surface area (Å²) in [6, 6.07) is 4.55. The van der Waals surface area contributed by atoms with Gasteiger partial charge < -0.3 is 15.7 Å². The van der Waals surface area contributed by atoms with Gasteiger partial charge in [-0.1, -0.05) is 0 Å². The molecule has 0 aromatic heterocycles. The van der Waals surface area contributed by atoms with Crippen LogP contribution in [-0.2, 0) is 0 Å². The van der Waals surface area contributed by atoms with Crippen LogP contribution in [-0.4, -0.2) is 24.3 Å². The van der Waals surface area contributed by atoms with E-state index in [1.165, 1.54) is 12.1 Å². The first-order valence-electron chi connectivity index (χ1n) is 5.14. The van der Waals surface area contributed by atoms with Crippen molar-refractivity contribution in [3.05, 3.63) is 24.0 Å².